The molecule has 2 aromatic rings. The van der Waals surface area contributed by atoms with Gasteiger partial charge in [0.25, 0.3) is 5.91 Å². The Morgan fingerprint density at radius 3 is 2.92 bits per heavy atom. The summed E-state index contributed by atoms with van der Waals surface area (Å²) in [6.07, 6.45) is 7.93. The summed E-state index contributed by atoms with van der Waals surface area (Å²) in [6, 6.07) is 3.83. The van der Waals surface area contributed by atoms with Crippen molar-refractivity contribution in [2.45, 2.75) is 50.6 Å². The number of ether oxygens (including phenoxy) is 1. The molecule has 0 saturated heterocycles. The second-order valence-electron chi connectivity index (χ2n) is 7.83. The van der Waals surface area contributed by atoms with Crippen LogP contribution in [0.5, 0.6) is 0 Å². The lowest BCUT2D eigenvalue weighted by Crippen LogP contribution is -2.43. The Balaban J connectivity index is 1.27. The first-order chi connectivity index (χ1) is 12.8. The van der Waals surface area contributed by atoms with E-state index in [2.05, 4.69) is 10.3 Å². The Morgan fingerprint density at radius 1 is 1.27 bits per heavy atom. The van der Waals surface area contributed by atoms with E-state index in [1.165, 1.54) is 19.3 Å². The van der Waals surface area contributed by atoms with Crippen LogP contribution in [0.2, 0.25) is 0 Å². The standard InChI is InChI=1S/C19H24N4O3/c24-19(17-8-18(26-21-17)14-4-5-14)22-9-15-6-7-20-23(15)16(10-22)12-25-11-13-2-1-3-13/h6-8,13-14,16H,1-5,9-12H2. The van der Waals surface area contributed by atoms with Gasteiger partial charge in [-0.1, -0.05) is 11.6 Å². The van der Waals surface area contributed by atoms with Crippen molar-refractivity contribution >= 4 is 5.91 Å². The van der Waals surface area contributed by atoms with Gasteiger partial charge in [-0.15, -0.1) is 0 Å². The van der Waals surface area contributed by atoms with Crippen LogP contribution >= 0.6 is 0 Å². The molecule has 0 N–H and O–H groups in total. The molecule has 3 aliphatic rings. The molecule has 26 heavy (non-hydrogen) atoms. The molecule has 1 unspecified atom stereocenters. The average Bonchev–Trinajstić information content (AvgIpc) is 3.15. The predicted molar refractivity (Wildman–Crippen MR) is 92.6 cm³/mol. The summed E-state index contributed by atoms with van der Waals surface area (Å²) < 4.78 is 13.3. The first kappa shape index (κ1) is 16.1. The zero-order valence-corrected chi connectivity index (χ0v) is 14.8. The Morgan fingerprint density at radius 2 is 2.15 bits per heavy atom. The largest absolute Gasteiger partial charge is 0.379 e. The van der Waals surface area contributed by atoms with Crippen molar-refractivity contribution < 1.29 is 14.1 Å². The molecule has 2 aliphatic carbocycles. The minimum atomic E-state index is -0.0721. The van der Waals surface area contributed by atoms with Gasteiger partial charge in [0.1, 0.15) is 5.76 Å². The maximum absolute atomic E-state index is 12.9. The zero-order valence-electron chi connectivity index (χ0n) is 14.8. The molecular formula is C19H24N4O3. The number of hydrogen-bond acceptors (Lipinski definition) is 5. The number of rotatable bonds is 6. The van der Waals surface area contributed by atoms with E-state index in [0.717, 1.165) is 30.9 Å². The van der Waals surface area contributed by atoms with Gasteiger partial charge < -0.3 is 14.2 Å². The van der Waals surface area contributed by atoms with Gasteiger partial charge >= 0.3 is 0 Å². The van der Waals surface area contributed by atoms with E-state index in [9.17, 15) is 4.79 Å². The quantitative estimate of drug-likeness (QED) is 0.796. The van der Waals surface area contributed by atoms with Crippen molar-refractivity contribution in [1.82, 2.24) is 19.8 Å². The summed E-state index contributed by atoms with van der Waals surface area (Å²) in [7, 11) is 0. The third-order valence-electron chi connectivity index (χ3n) is 5.79. The maximum Gasteiger partial charge on any atom is 0.276 e. The number of fused-ring (bicyclic) bond motifs is 1. The molecule has 7 heteroatoms. The molecule has 0 spiro atoms. The molecule has 0 aromatic carbocycles. The van der Waals surface area contributed by atoms with Crippen LogP contribution in [-0.2, 0) is 11.3 Å². The highest BCUT2D eigenvalue weighted by atomic mass is 16.5. The van der Waals surface area contributed by atoms with Crippen LogP contribution in [0, 0.1) is 5.92 Å². The van der Waals surface area contributed by atoms with Crippen molar-refractivity contribution in [3.05, 3.63) is 35.5 Å². The minimum Gasteiger partial charge on any atom is -0.379 e. The molecule has 0 radical (unpaired) electrons. The van der Waals surface area contributed by atoms with E-state index in [1.807, 2.05) is 21.7 Å². The number of aromatic nitrogens is 3. The van der Waals surface area contributed by atoms with E-state index in [0.29, 0.717) is 37.2 Å². The predicted octanol–water partition coefficient (Wildman–Crippen LogP) is 2.76. The van der Waals surface area contributed by atoms with Crippen LogP contribution in [-0.4, -0.2) is 45.5 Å². The summed E-state index contributed by atoms with van der Waals surface area (Å²) >= 11 is 0. The summed E-state index contributed by atoms with van der Waals surface area (Å²) in [6.45, 7) is 2.53. The molecule has 2 fully saturated rings. The molecule has 1 aliphatic heterocycles. The summed E-state index contributed by atoms with van der Waals surface area (Å²) in [4.78, 5) is 14.7. The molecular weight excluding hydrogens is 332 g/mol. The Kier molecular flexibility index (Phi) is 4.04. The molecule has 2 aromatic heterocycles. The van der Waals surface area contributed by atoms with Crippen LogP contribution in [0.3, 0.4) is 0 Å². The van der Waals surface area contributed by atoms with Crippen LogP contribution < -0.4 is 0 Å². The Bertz CT molecular complexity index is 790. The van der Waals surface area contributed by atoms with E-state index < -0.39 is 0 Å². The maximum atomic E-state index is 12.9. The third kappa shape index (κ3) is 3.05. The Hall–Kier alpha value is -2.15. The summed E-state index contributed by atoms with van der Waals surface area (Å²) in [5, 5.41) is 8.44. The third-order valence-corrected chi connectivity index (χ3v) is 5.79. The van der Waals surface area contributed by atoms with Gasteiger partial charge in [0.15, 0.2) is 5.69 Å². The van der Waals surface area contributed by atoms with Gasteiger partial charge in [0.2, 0.25) is 0 Å². The van der Waals surface area contributed by atoms with Crippen molar-refractivity contribution in [3.63, 3.8) is 0 Å². The van der Waals surface area contributed by atoms with Gasteiger partial charge in [-0.05, 0) is 37.7 Å². The van der Waals surface area contributed by atoms with Gasteiger partial charge in [-0.2, -0.15) is 5.10 Å². The fourth-order valence-corrected chi connectivity index (χ4v) is 3.81. The van der Waals surface area contributed by atoms with E-state index >= 15 is 0 Å². The molecule has 3 heterocycles. The fourth-order valence-electron chi connectivity index (χ4n) is 3.81. The second kappa shape index (κ2) is 6.54. The molecule has 1 atom stereocenters. The van der Waals surface area contributed by atoms with Crippen LogP contribution in [0.25, 0.3) is 0 Å². The summed E-state index contributed by atoms with van der Waals surface area (Å²) in [5.74, 6) is 1.94. The van der Waals surface area contributed by atoms with Crippen molar-refractivity contribution in [3.8, 4) is 0 Å². The first-order valence-corrected chi connectivity index (χ1v) is 9.64. The topological polar surface area (TPSA) is 73.4 Å². The monoisotopic (exact) mass is 356 g/mol. The molecule has 5 rings (SSSR count). The first-order valence-electron chi connectivity index (χ1n) is 9.64. The van der Waals surface area contributed by atoms with Crippen molar-refractivity contribution in [1.29, 1.82) is 0 Å². The van der Waals surface area contributed by atoms with E-state index in [1.54, 1.807) is 6.20 Å². The minimum absolute atomic E-state index is 0.0487. The molecule has 0 bridgehead atoms. The van der Waals surface area contributed by atoms with Crippen LogP contribution in [0.4, 0.5) is 0 Å². The lowest BCUT2D eigenvalue weighted by atomic mass is 9.86. The molecule has 2 saturated carbocycles. The SMILES string of the molecule is O=C(c1cc(C2CC2)on1)N1Cc2ccnn2C(COCC2CCC2)C1. The molecule has 7 nitrogen and oxygen atoms in total. The van der Waals surface area contributed by atoms with Crippen molar-refractivity contribution in [2.75, 3.05) is 19.8 Å². The highest BCUT2D eigenvalue weighted by molar-refractivity contribution is 5.92. The zero-order chi connectivity index (χ0) is 17.5. The van der Waals surface area contributed by atoms with Crippen LogP contribution in [0.1, 0.15) is 66.0 Å². The van der Waals surface area contributed by atoms with Crippen molar-refractivity contribution in [2.24, 2.45) is 5.92 Å². The van der Waals surface area contributed by atoms with E-state index in [4.69, 9.17) is 9.26 Å². The smallest absolute Gasteiger partial charge is 0.276 e. The lowest BCUT2D eigenvalue weighted by Gasteiger charge is -2.34. The number of nitrogens with zero attached hydrogens (tertiary/aromatic N) is 4. The lowest BCUT2D eigenvalue weighted by molar-refractivity contribution is 0.0274. The average molecular weight is 356 g/mol. The fraction of sp³-hybridized carbons (Fsp3) is 0.632. The second-order valence-corrected chi connectivity index (χ2v) is 7.83. The van der Waals surface area contributed by atoms with Crippen LogP contribution in [0.15, 0.2) is 22.9 Å². The Labute approximate surface area is 152 Å². The molecule has 138 valence electrons. The van der Waals surface area contributed by atoms with E-state index in [-0.39, 0.29) is 11.9 Å². The van der Waals surface area contributed by atoms with Gasteiger partial charge in [0.05, 0.1) is 24.9 Å². The van der Waals surface area contributed by atoms with Gasteiger partial charge in [-0.25, -0.2) is 0 Å². The number of hydrogen-bond donors (Lipinski definition) is 0. The number of amides is 1. The molecule has 1 amide bonds. The highest BCUT2D eigenvalue weighted by Gasteiger charge is 2.33. The normalized spacial score (nSPS) is 22.9. The summed E-state index contributed by atoms with van der Waals surface area (Å²) in [5.41, 5.74) is 1.45. The highest BCUT2D eigenvalue weighted by Crippen LogP contribution is 2.40. The number of carbonyl (C=O) groups is 1. The van der Waals surface area contributed by atoms with Gasteiger partial charge in [0, 0.05) is 31.3 Å². The number of carbonyl (C=O) groups excluding carboxylic acids is 1. The van der Waals surface area contributed by atoms with Gasteiger partial charge in [-0.3, -0.25) is 9.48 Å².